The molecule has 1 aromatic rings. The van der Waals surface area contributed by atoms with Gasteiger partial charge in [0.15, 0.2) is 16.4 Å². The summed E-state index contributed by atoms with van der Waals surface area (Å²) in [4.78, 5) is 0.320. The van der Waals surface area contributed by atoms with Crippen LogP contribution in [0.1, 0.15) is 19.3 Å². The van der Waals surface area contributed by atoms with Gasteiger partial charge in [0, 0.05) is 0 Å². The third-order valence-electron chi connectivity index (χ3n) is 3.74. The second kappa shape index (κ2) is 7.43. The van der Waals surface area contributed by atoms with Crippen LogP contribution in [0, 0.1) is 17.2 Å². The first-order valence-corrected chi connectivity index (χ1v) is 8.80. The monoisotopic (exact) mass is 308 g/mol. The third-order valence-corrected chi connectivity index (χ3v) is 5.50. The van der Waals surface area contributed by atoms with E-state index in [4.69, 9.17) is 10.00 Å². The predicted octanol–water partition coefficient (Wildman–Crippen LogP) is 1.75. The van der Waals surface area contributed by atoms with Gasteiger partial charge in [-0.25, -0.2) is 8.42 Å². The van der Waals surface area contributed by atoms with Gasteiger partial charge >= 0.3 is 0 Å². The quantitative estimate of drug-likeness (QED) is 0.866. The summed E-state index contributed by atoms with van der Waals surface area (Å²) in [5.74, 6) is 1.20. The summed E-state index contributed by atoms with van der Waals surface area (Å²) in [5, 5.41) is 11.7. The van der Waals surface area contributed by atoms with Gasteiger partial charge in [0.25, 0.3) is 0 Å². The van der Waals surface area contributed by atoms with E-state index in [-0.39, 0.29) is 12.4 Å². The standard InChI is InChI=1S/C15H20N2O3S/c16-8-11-20-14-1-3-15(4-2-14)21(18,19)12-7-13-5-9-17-10-6-13/h1-4,13,17H,5-7,9-12H2. The topological polar surface area (TPSA) is 79.2 Å². The maximum absolute atomic E-state index is 12.3. The van der Waals surface area contributed by atoms with Crippen molar-refractivity contribution in [2.45, 2.75) is 24.2 Å². The molecule has 0 saturated carbocycles. The van der Waals surface area contributed by atoms with E-state index in [0.717, 1.165) is 32.4 Å². The Kier molecular flexibility index (Phi) is 5.59. The maximum Gasteiger partial charge on any atom is 0.178 e. The molecule has 1 aliphatic rings. The highest BCUT2D eigenvalue weighted by molar-refractivity contribution is 7.91. The van der Waals surface area contributed by atoms with Crippen LogP contribution in [0.4, 0.5) is 0 Å². The zero-order chi connectivity index (χ0) is 15.1. The lowest BCUT2D eigenvalue weighted by molar-refractivity contribution is 0.365. The predicted molar refractivity (Wildman–Crippen MR) is 79.8 cm³/mol. The molecule has 1 saturated heterocycles. The van der Waals surface area contributed by atoms with E-state index in [1.54, 1.807) is 24.3 Å². The summed E-state index contributed by atoms with van der Waals surface area (Å²) < 4.78 is 29.7. The Hall–Kier alpha value is -1.58. The van der Waals surface area contributed by atoms with Gasteiger partial charge < -0.3 is 10.1 Å². The normalized spacial score (nSPS) is 16.3. The maximum atomic E-state index is 12.3. The van der Waals surface area contributed by atoms with Crippen molar-refractivity contribution in [1.29, 1.82) is 5.26 Å². The molecule has 0 bridgehead atoms. The number of rotatable bonds is 6. The van der Waals surface area contributed by atoms with Crippen molar-refractivity contribution < 1.29 is 13.2 Å². The van der Waals surface area contributed by atoms with Crippen LogP contribution < -0.4 is 10.1 Å². The second-order valence-corrected chi connectivity index (χ2v) is 7.33. The average molecular weight is 308 g/mol. The fourth-order valence-electron chi connectivity index (χ4n) is 2.47. The van der Waals surface area contributed by atoms with E-state index >= 15 is 0 Å². The first kappa shape index (κ1) is 15.8. The molecule has 0 amide bonds. The zero-order valence-electron chi connectivity index (χ0n) is 11.9. The number of benzene rings is 1. The van der Waals surface area contributed by atoms with Crippen LogP contribution in [0.5, 0.6) is 5.75 Å². The molecule has 1 fully saturated rings. The minimum Gasteiger partial charge on any atom is -0.479 e. The molecule has 6 heteroatoms. The molecular formula is C15H20N2O3S. The van der Waals surface area contributed by atoms with Crippen molar-refractivity contribution in [2.24, 2.45) is 5.92 Å². The Bertz CT molecular complexity index is 584. The molecule has 1 N–H and O–H groups in total. The fraction of sp³-hybridized carbons (Fsp3) is 0.533. The van der Waals surface area contributed by atoms with Crippen molar-refractivity contribution in [1.82, 2.24) is 5.32 Å². The molecule has 5 nitrogen and oxygen atoms in total. The number of hydrogen-bond acceptors (Lipinski definition) is 5. The fourth-order valence-corrected chi connectivity index (χ4v) is 3.90. The van der Waals surface area contributed by atoms with Crippen LogP contribution >= 0.6 is 0 Å². The molecule has 0 aromatic heterocycles. The van der Waals surface area contributed by atoms with E-state index in [1.165, 1.54) is 0 Å². The van der Waals surface area contributed by atoms with Crippen molar-refractivity contribution in [3.63, 3.8) is 0 Å². The van der Waals surface area contributed by atoms with E-state index in [9.17, 15) is 8.42 Å². The highest BCUT2D eigenvalue weighted by atomic mass is 32.2. The Morgan fingerprint density at radius 1 is 1.24 bits per heavy atom. The molecule has 1 aromatic carbocycles. The van der Waals surface area contributed by atoms with E-state index in [0.29, 0.717) is 16.6 Å². The molecule has 0 unspecified atom stereocenters. The summed E-state index contributed by atoms with van der Waals surface area (Å²) in [7, 11) is -3.24. The smallest absolute Gasteiger partial charge is 0.178 e. The zero-order valence-corrected chi connectivity index (χ0v) is 12.7. The second-order valence-electron chi connectivity index (χ2n) is 5.22. The average Bonchev–Trinajstić information content (AvgIpc) is 2.52. The molecule has 1 aliphatic heterocycles. The van der Waals surface area contributed by atoms with Gasteiger partial charge in [-0.05, 0) is 62.5 Å². The number of hydrogen-bond donors (Lipinski definition) is 1. The van der Waals surface area contributed by atoms with Crippen molar-refractivity contribution in [2.75, 3.05) is 25.4 Å². The highest BCUT2D eigenvalue weighted by Gasteiger charge is 2.19. The largest absolute Gasteiger partial charge is 0.479 e. The van der Waals surface area contributed by atoms with Gasteiger partial charge in [-0.15, -0.1) is 0 Å². The number of nitriles is 1. The lowest BCUT2D eigenvalue weighted by Crippen LogP contribution is -2.28. The van der Waals surface area contributed by atoms with Crippen LogP contribution in [0.3, 0.4) is 0 Å². The molecule has 0 radical (unpaired) electrons. The molecule has 1 heterocycles. The minimum absolute atomic E-state index is 0.0399. The Morgan fingerprint density at radius 3 is 2.52 bits per heavy atom. The van der Waals surface area contributed by atoms with E-state index in [1.807, 2.05) is 6.07 Å². The number of sulfone groups is 1. The van der Waals surface area contributed by atoms with E-state index < -0.39 is 9.84 Å². The molecule has 21 heavy (non-hydrogen) atoms. The lowest BCUT2D eigenvalue weighted by Gasteiger charge is -2.22. The van der Waals surface area contributed by atoms with Crippen LogP contribution in [-0.2, 0) is 9.84 Å². The number of nitrogens with zero attached hydrogens (tertiary/aromatic N) is 1. The summed E-state index contributed by atoms with van der Waals surface area (Å²) in [6.07, 6.45) is 2.82. The minimum atomic E-state index is -3.24. The van der Waals surface area contributed by atoms with Crippen LogP contribution in [-0.4, -0.2) is 33.9 Å². The van der Waals surface area contributed by atoms with Gasteiger partial charge in [0.1, 0.15) is 11.8 Å². The summed E-state index contributed by atoms with van der Waals surface area (Å²) in [6.45, 7) is 1.92. The summed E-state index contributed by atoms with van der Waals surface area (Å²) >= 11 is 0. The van der Waals surface area contributed by atoms with Crippen LogP contribution in [0.15, 0.2) is 29.2 Å². The lowest BCUT2D eigenvalue weighted by atomic mass is 9.96. The van der Waals surface area contributed by atoms with E-state index in [2.05, 4.69) is 5.32 Å². The number of nitrogens with one attached hydrogen (secondary N) is 1. The van der Waals surface area contributed by atoms with Gasteiger partial charge in [0.05, 0.1) is 10.6 Å². The van der Waals surface area contributed by atoms with Gasteiger partial charge in [-0.1, -0.05) is 0 Å². The Balaban J connectivity index is 1.93. The van der Waals surface area contributed by atoms with Crippen LogP contribution in [0.2, 0.25) is 0 Å². The molecule has 2 rings (SSSR count). The first-order valence-electron chi connectivity index (χ1n) is 7.15. The van der Waals surface area contributed by atoms with Crippen molar-refractivity contribution in [3.8, 4) is 11.8 Å². The molecule has 0 spiro atoms. The first-order chi connectivity index (χ1) is 10.1. The Labute approximate surface area is 125 Å². The van der Waals surface area contributed by atoms with Gasteiger partial charge in [0.2, 0.25) is 0 Å². The van der Waals surface area contributed by atoms with Gasteiger partial charge in [-0.2, -0.15) is 5.26 Å². The third kappa shape index (κ3) is 4.73. The number of ether oxygens (including phenoxy) is 1. The van der Waals surface area contributed by atoms with Crippen molar-refractivity contribution >= 4 is 9.84 Å². The molecular weight excluding hydrogens is 288 g/mol. The molecule has 0 atom stereocenters. The SMILES string of the molecule is N#CCOc1ccc(S(=O)(=O)CCC2CCNCC2)cc1. The van der Waals surface area contributed by atoms with Crippen molar-refractivity contribution in [3.05, 3.63) is 24.3 Å². The summed E-state index contributed by atoms with van der Waals surface area (Å²) in [5.41, 5.74) is 0. The molecule has 0 aliphatic carbocycles. The Morgan fingerprint density at radius 2 is 1.90 bits per heavy atom. The van der Waals surface area contributed by atoms with Gasteiger partial charge in [-0.3, -0.25) is 0 Å². The number of piperidine rings is 1. The highest BCUT2D eigenvalue weighted by Crippen LogP contribution is 2.21. The summed E-state index contributed by atoms with van der Waals surface area (Å²) in [6, 6.07) is 8.15. The molecule has 114 valence electrons. The van der Waals surface area contributed by atoms with Crippen LogP contribution in [0.25, 0.3) is 0 Å².